The molecule has 21 heavy (non-hydrogen) atoms. The SMILES string of the molecule is CC(Nc1ccc(C(F)(F)F)c(C(N)=S)c1)c1nccs1. The molecule has 3 nitrogen and oxygen atoms in total. The van der Waals surface area contributed by atoms with Crippen molar-refractivity contribution >= 4 is 34.2 Å². The zero-order chi connectivity index (χ0) is 15.6. The van der Waals surface area contributed by atoms with Gasteiger partial charge >= 0.3 is 6.18 Å². The molecule has 0 saturated heterocycles. The number of nitrogens with one attached hydrogen (secondary N) is 1. The minimum absolute atomic E-state index is 0.124. The van der Waals surface area contributed by atoms with Crippen LogP contribution in [0.3, 0.4) is 0 Å². The second-order valence-electron chi connectivity index (χ2n) is 4.36. The summed E-state index contributed by atoms with van der Waals surface area (Å²) in [6.45, 7) is 1.87. The van der Waals surface area contributed by atoms with Gasteiger partial charge in [-0.2, -0.15) is 13.2 Å². The molecule has 1 unspecified atom stereocenters. The number of benzene rings is 1. The summed E-state index contributed by atoms with van der Waals surface area (Å²) in [4.78, 5) is 3.87. The number of aromatic nitrogens is 1. The molecule has 0 amide bonds. The lowest BCUT2D eigenvalue weighted by Crippen LogP contribution is -2.18. The summed E-state index contributed by atoms with van der Waals surface area (Å²) in [5, 5.41) is 5.76. The Hall–Kier alpha value is -1.67. The normalized spacial score (nSPS) is 13.0. The number of halogens is 3. The van der Waals surface area contributed by atoms with Gasteiger partial charge in [0, 0.05) is 22.8 Å². The van der Waals surface area contributed by atoms with Crippen LogP contribution in [-0.4, -0.2) is 9.97 Å². The molecular weight excluding hydrogens is 319 g/mol. The number of thiazole rings is 1. The first-order valence-corrected chi connectivity index (χ1v) is 7.25. The maximum atomic E-state index is 12.9. The van der Waals surface area contributed by atoms with E-state index >= 15 is 0 Å². The average molecular weight is 331 g/mol. The Morgan fingerprint density at radius 2 is 2.14 bits per heavy atom. The van der Waals surface area contributed by atoms with Gasteiger partial charge < -0.3 is 11.1 Å². The number of hydrogen-bond donors (Lipinski definition) is 2. The first-order valence-electron chi connectivity index (χ1n) is 5.96. The molecule has 0 spiro atoms. The molecule has 2 rings (SSSR count). The van der Waals surface area contributed by atoms with Gasteiger partial charge in [0.25, 0.3) is 0 Å². The maximum Gasteiger partial charge on any atom is 0.417 e. The van der Waals surface area contributed by atoms with Crippen LogP contribution in [0.25, 0.3) is 0 Å². The molecular formula is C13H12F3N3S2. The number of anilines is 1. The number of thiocarbonyl (C=S) groups is 1. The molecule has 0 fully saturated rings. The van der Waals surface area contributed by atoms with Crippen LogP contribution in [0.5, 0.6) is 0 Å². The fourth-order valence-corrected chi connectivity index (χ4v) is 2.66. The summed E-state index contributed by atoms with van der Waals surface area (Å²) < 4.78 is 38.6. The summed E-state index contributed by atoms with van der Waals surface area (Å²) in [7, 11) is 0. The van der Waals surface area contributed by atoms with E-state index in [0.29, 0.717) is 5.69 Å². The Labute approximate surface area is 129 Å². The standard InChI is InChI=1S/C13H12F3N3S2/c1-7(12-18-4-5-21-12)19-8-2-3-10(13(14,15)16)9(6-8)11(17)20/h2-7,19H,1H3,(H2,17,20). The monoisotopic (exact) mass is 331 g/mol. The topological polar surface area (TPSA) is 50.9 Å². The predicted octanol–water partition coefficient (Wildman–Crippen LogP) is 3.97. The van der Waals surface area contributed by atoms with Gasteiger partial charge in [0.15, 0.2) is 0 Å². The van der Waals surface area contributed by atoms with Crippen molar-refractivity contribution in [1.29, 1.82) is 0 Å². The number of nitrogens with zero attached hydrogens (tertiary/aromatic N) is 1. The minimum Gasteiger partial charge on any atom is -0.389 e. The summed E-state index contributed by atoms with van der Waals surface area (Å²) >= 11 is 6.18. The number of alkyl halides is 3. The van der Waals surface area contributed by atoms with Gasteiger partial charge in [0.05, 0.1) is 11.6 Å². The van der Waals surface area contributed by atoms with Crippen LogP contribution in [0.2, 0.25) is 0 Å². The van der Waals surface area contributed by atoms with E-state index in [2.05, 4.69) is 10.3 Å². The second-order valence-corrected chi connectivity index (χ2v) is 5.72. The Bertz CT molecular complexity index is 639. The molecule has 0 aliphatic rings. The van der Waals surface area contributed by atoms with Crippen LogP contribution in [0.4, 0.5) is 18.9 Å². The van der Waals surface area contributed by atoms with E-state index in [1.54, 1.807) is 6.20 Å². The van der Waals surface area contributed by atoms with Gasteiger partial charge in [-0.25, -0.2) is 4.98 Å². The van der Waals surface area contributed by atoms with Gasteiger partial charge in [-0.05, 0) is 25.1 Å². The van der Waals surface area contributed by atoms with Crippen LogP contribution in [0, 0.1) is 0 Å². The van der Waals surface area contributed by atoms with Crippen molar-refractivity contribution in [3.05, 3.63) is 45.9 Å². The quantitative estimate of drug-likeness (QED) is 0.833. The summed E-state index contributed by atoms with van der Waals surface area (Å²) in [6, 6.07) is 3.52. The van der Waals surface area contributed by atoms with Crippen LogP contribution >= 0.6 is 23.6 Å². The van der Waals surface area contributed by atoms with Crippen molar-refractivity contribution in [2.75, 3.05) is 5.32 Å². The van der Waals surface area contributed by atoms with E-state index in [-0.39, 0.29) is 16.6 Å². The predicted molar refractivity (Wildman–Crippen MR) is 81.5 cm³/mol. The lowest BCUT2D eigenvalue weighted by atomic mass is 10.1. The van der Waals surface area contributed by atoms with Gasteiger partial charge in [0.2, 0.25) is 0 Å². The van der Waals surface area contributed by atoms with E-state index in [0.717, 1.165) is 11.1 Å². The fourth-order valence-electron chi connectivity index (χ4n) is 1.85. The third kappa shape index (κ3) is 3.70. The molecule has 8 heteroatoms. The van der Waals surface area contributed by atoms with E-state index in [9.17, 15) is 13.2 Å². The van der Waals surface area contributed by atoms with Crippen molar-refractivity contribution in [3.63, 3.8) is 0 Å². The Morgan fingerprint density at radius 3 is 2.67 bits per heavy atom. The Kier molecular flexibility index (Phi) is 4.48. The lowest BCUT2D eigenvalue weighted by molar-refractivity contribution is -0.137. The van der Waals surface area contributed by atoms with Crippen molar-refractivity contribution in [2.45, 2.75) is 19.1 Å². The van der Waals surface area contributed by atoms with Gasteiger partial charge in [0.1, 0.15) is 10.00 Å². The molecule has 1 atom stereocenters. The van der Waals surface area contributed by atoms with Gasteiger partial charge in [-0.15, -0.1) is 11.3 Å². The maximum absolute atomic E-state index is 12.9. The van der Waals surface area contributed by atoms with E-state index in [4.69, 9.17) is 18.0 Å². The smallest absolute Gasteiger partial charge is 0.389 e. The Balaban J connectivity index is 2.30. The molecule has 1 heterocycles. The molecule has 112 valence electrons. The fraction of sp³-hybridized carbons (Fsp3) is 0.231. The van der Waals surface area contributed by atoms with Crippen LogP contribution in [0.1, 0.15) is 29.1 Å². The highest BCUT2D eigenvalue weighted by Gasteiger charge is 2.34. The van der Waals surface area contributed by atoms with E-state index < -0.39 is 11.7 Å². The molecule has 1 aromatic heterocycles. The van der Waals surface area contributed by atoms with Crippen LogP contribution < -0.4 is 11.1 Å². The van der Waals surface area contributed by atoms with Crippen LogP contribution in [0.15, 0.2) is 29.8 Å². The summed E-state index contributed by atoms with van der Waals surface area (Å²) in [5.74, 6) is 0. The molecule has 1 aromatic carbocycles. The molecule has 0 aliphatic carbocycles. The highest BCUT2D eigenvalue weighted by molar-refractivity contribution is 7.80. The summed E-state index contributed by atoms with van der Waals surface area (Å²) in [6.07, 6.45) is -2.82. The molecule has 3 N–H and O–H groups in total. The number of nitrogens with two attached hydrogens (primary N) is 1. The Morgan fingerprint density at radius 1 is 1.43 bits per heavy atom. The molecule has 0 radical (unpaired) electrons. The molecule has 2 aromatic rings. The third-order valence-electron chi connectivity index (χ3n) is 2.80. The van der Waals surface area contributed by atoms with Crippen molar-refractivity contribution in [3.8, 4) is 0 Å². The van der Waals surface area contributed by atoms with Crippen molar-refractivity contribution in [1.82, 2.24) is 4.98 Å². The highest BCUT2D eigenvalue weighted by Crippen LogP contribution is 2.34. The van der Waals surface area contributed by atoms with Crippen LogP contribution in [-0.2, 0) is 6.18 Å². The second kappa shape index (κ2) is 5.98. The van der Waals surface area contributed by atoms with Gasteiger partial charge in [-0.1, -0.05) is 12.2 Å². The molecule has 0 aliphatic heterocycles. The third-order valence-corrected chi connectivity index (χ3v) is 3.97. The van der Waals surface area contributed by atoms with Gasteiger partial charge in [-0.3, -0.25) is 0 Å². The van der Waals surface area contributed by atoms with Crippen molar-refractivity contribution in [2.24, 2.45) is 5.73 Å². The summed E-state index contributed by atoms with van der Waals surface area (Å²) in [5.41, 5.74) is 4.89. The van der Waals surface area contributed by atoms with E-state index in [1.165, 1.54) is 23.5 Å². The molecule has 0 bridgehead atoms. The minimum atomic E-state index is -4.49. The number of hydrogen-bond acceptors (Lipinski definition) is 4. The van der Waals surface area contributed by atoms with E-state index in [1.807, 2.05) is 12.3 Å². The first kappa shape index (κ1) is 15.7. The zero-order valence-electron chi connectivity index (χ0n) is 10.9. The highest BCUT2D eigenvalue weighted by atomic mass is 32.1. The lowest BCUT2D eigenvalue weighted by Gasteiger charge is -2.17. The zero-order valence-corrected chi connectivity index (χ0v) is 12.6. The average Bonchev–Trinajstić information content (AvgIpc) is 2.91. The number of rotatable bonds is 4. The largest absolute Gasteiger partial charge is 0.417 e. The molecule has 0 saturated carbocycles. The van der Waals surface area contributed by atoms with Crippen molar-refractivity contribution < 1.29 is 13.2 Å². The first-order chi connectivity index (χ1) is 9.79.